The van der Waals surface area contributed by atoms with Crippen molar-refractivity contribution in [3.05, 3.63) is 33.0 Å². The molecule has 0 radical (unpaired) electrons. The molecule has 0 saturated carbocycles. The zero-order valence-electron chi connectivity index (χ0n) is 10.8. The zero-order chi connectivity index (χ0) is 14.0. The van der Waals surface area contributed by atoms with Crippen molar-refractivity contribution in [2.24, 2.45) is 0 Å². The Bertz CT molecular complexity index is 594. The molecular weight excluding hydrogens is 330 g/mol. The minimum Gasteiger partial charge on any atom is -0.357 e. The van der Waals surface area contributed by atoms with Gasteiger partial charge in [0.15, 0.2) is 0 Å². The summed E-state index contributed by atoms with van der Waals surface area (Å²) in [6.07, 6.45) is 0. The van der Waals surface area contributed by atoms with Gasteiger partial charge in [-0.25, -0.2) is 0 Å². The lowest BCUT2D eigenvalue weighted by atomic mass is 10.1. The lowest BCUT2D eigenvalue weighted by molar-refractivity contribution is 1.05. The first-order chi connectivity index (χ1) is 8.99. The molecule has 0 aliphatic heterocycles. The summed E-state index contributed by atoms with van der Waals surface area (Å²) in [5.41, 5.74) is 3.18. The van der Waals surface area contributed by atoms with Crippen LogP contribution in [0, 0.1) is 13.8 Å². The lowest BCUT2D eigenvalue weighted by Crippen LogP contribution is -2.04. The van der Waals surface area contributed by atoms with Crippen LogP contribution in [-0.2, 0) is 0 Å². The van der Waals surface area contributed by atoms with Gasteiger partial charge in [0.1, 0.15) is 0 Å². The van der Waals surface area contributed by atoms with Gasteiger partial charge in [-0.2, -0.15) is 15.0 Å². The van der Waals surface area contributed by atoms with Crippen LogP contribution in [0.1, 0.15) is 11.1 Å². The minimum atomic E-state index is 0.146. The van der Waals surface area contributed by atoms with E-state index in [0.717, 1.165) is 21.3 Å². The van der Waals surface area contributed by atoms with Crippen LogP contribution in [0.4, 0.5) is 17.6 Å². The number of hydrogen-bond acceptors (Lipinski definition) is 5. The van der Waals surface area contributed by atoms with Gasteiger partial charge in [-0.1, -0.05) is 15.9 Å². The Balaban J connectivity index is 2.33. The Kier molecular flexibility index (Phi) is 4.21. The van der Waals surface area contributed by atoms with E-state index in [1.165, 1.54) is 0 Å². The van der Waals surface area contributed by atoms with Crippen LogP contribution in [-0.4, -0.2) is 22.0 Å². The van der Waals surface area contributed by atoms with Gasteiger partial charge < -0.3 is 10.6 Å². The first-order valence-electron chi connectivity index (χ1n) is 5.62. The maximum Gasteiger partial charge on any atom is 0.233 e. The summed E-state index contributed by atoms with van der Waals surface area (Å²) < 4.78 is 1.10. The maximum absolute atomic E-state index is 5.83. The topological polar surface area (TPSA) is 62.7 Å². The number of aryl methyl sites for hydroxylation is 2. The van der Waals surface area contributed by atoms with Gasteiger partial charge in [0.25, 0.3) is 0 Å². The lowest BCUT2D eigenvalue weighted by Gasteiger charge is -2.10. The fourth-order valence-corrected chi connectivity index (χ4v) is 2.05. The number of nitrogens with one attached hydrogen (secondary N) is 2. The molecular formula is C12H13BrClN5. The van der Waals surface area contributed by atoms with E-state index < -0.39 is 0 Å². The van der Waals surface area contributed by atoms with Crippen molar-refractivity contribution in [3.8, 4) is 0 Å². The predicted octanol–water partition coefficient (Wildman–Crippen LogP) is 3.69. The smallest absolute Gasteiger partial charge is 0.233 e. The molecule has 0 saturated heterocycles. The Morgan fingerprint density at radius 1 is 1.05 bits per heavy atom. The third-order valence-corrected chi connectivity index (χ3v) is 3.94. The summed E-state index contributed by atoms with van der Waals surface area (Å²) in [6.45, 7) is 4.06. The molecule has 5 nitrogen and oxygen atoms in total. The van der Waals surface area contributed by atoms with Crippen LogP contribution < -0.4 is 10.6 Å². The second-order valence-electron chi connectivity index (χ2n) is 4.05. The van der Waals surface area contributed by atoms with Crippen LogP contribution in [0.3, 0.4) is 0 Å². The largest absolute Gasteiger partial charge is 0.357 e. The number of benzene rings is 1. The Hall–Kier alpha value is -1.40. The van der Waals surface area contributed by atoms with E-state index in [1.54, 1.807) is 7.05 Å². The molecule has 100 valence electrons. The molecule has 2 aromatic rings. The van der Waals surface area contributed by atoms with E-state index in [9.17, 15) is 0 Å². The van der Waals surface area contributed by atoms with Gasteiger partial charge in [0.2, 0.25) is 17.2 Å². The standard InChI is InChI=1S/C12H13BrClN5/c1-6-4-8(5-7(2)9(6)13)16-12-18-10(14)17-11(15-3)19-12/h4-5H,1-3H3,(H2,15,16,17,18,19). The molecule has 0 fully saturated rings. The first kappa shape index (κ1) is 14.0. The average Bonchev–Trinajstić information content (AvgIpc) is 2.35. The predicted molar refractivity (Wildman–Crippen MR) is 81.3 cm³/mol. The molecule has 0 atom stereocenters. The van der Waals surface area contributed by atoms with E-state index in [2.05, 4.69) is 41.5 Å². The molecule has 0 bridgehead atoms. The zero-order valence-corrected chi connectivity index (χ0v) is 13.1. The fourth-order valence-electron chi connectivity index (χ4n) is 1.66. The van der Waals surface area contributed by atoms with Crippen molar-refractivity contribution in [2.45, 2.75) is 13.8 Å². The van der Waals surface area contributed by atoms with E-state index in [1.807, 2.05) is 26.0 Å². The summed E-state index contributed by atoms with van der Waals surface area (Å²) in [5.74, 6) is 0.832. The average molecular weight is 343 g/mol. The summed E-state index contributed by atoms with van der Waals surface area (Å²) in [6, 6.07) is 4.02. The number of hydrogen-bond donors (Lipinski definition) is 2. The van der Waals surface area contributed by atoms with Crippen LogP contribution in [0.2, 0.25) is 5.28 Å². The van der Waals surface area contributed by atoms with Crippen molar-refractivity contribution in [1.82, 2.24) is 15.0 Å². The van der Waals surface area contributed by atoms with Gasteiger partial charge in [-0.15, -0.1) is 0 Å². The van der Waals surface area contributed by atoms with E-state index in [0.29, 0.717) is 11.9 Å². The fraction of sp³-hybridized carbons (Fsp3) is 0.250. The van der Waals surface area contributed by atoms with Crippen molar-refractivity contribution in [1.29, 1.82) is 0 Å². The first-order valence-corrected chi connectivity index (χ1v) is 6.80. The number of nitrogens with zero attached hydrogens (tertiary/aromatic N) is 3. The normalized spacial score (nSPS) is 10.4. The highest BCUT2D eigenvalue weighted by Crippen LogP contribution is 2.26. The summed E-state index contributed by atoms with van der Waals surface area (Å²) in [7, 11) is 1.73. The molecule has 2 N–H and O–H groups in total. The van der Waals surface area contributed by atoms with Gasteiger partial charge >= 0.3 is 0 Å². The third kappa shape index (κ3) is 3.33. The van der Waals surface area contributed by atoms with Crippen molar-refractivity contribution in [3.63, 3.8) is 0 Å². The van der Waals surface area contributed by atoms with Crippen molar-refractivity contribution < 1.29 is 0 Å². The molecule has 7 heteroatoms. The van der Waals surface area contributed by atoms with Crippen molar-refractivity contribution >= 4 is 45.1 Å². The van der Waals surface area contributed by atoms with Crippen LogP contribution in [0.5, 0.6) is 0 Å². The van der Waals surface area contributed by atoms with Crippen LogP contribution >= 0.6 is 27.5 Å². The SMILES string of the molecule is CNc1nc(Cl)nc(Nc2cc(C)c(Br)c(C)c2)n1. The molecule has 2 rings (SSSR count). The highest BCUT2D eigenvalue weighted by Gasteiger charge is 2.06. The summed E-state index contributed by atoms with van der Waals surface area (Å²) in [4.78, 5) is 12.2. The number of aromatic nitrogens is 3. The van der Waals surface area contributed by atoms with Gasteiger partial charge in [-0.3, -0.25) is 0 Å². The maximum atomic E-state index is 5.83. The molecule has 0 amide bonds. The Morgan fingerprint density at radius 3 is 2.21 bits per heavy atom. The molecule has 1 heterocycles. The Morgan fingerprint density at radius 2 is 1.63 bits per heavy atom. The number of halogens is 2. The van der Waals surface area contributed by atoms with Crippen molar-refractivity contribution in [2.75, 3.05) is 17.7 Å². The monoisotopic (exact) mass is 341 g/mol. The van der Waals surface area contributed by atoms with Gasteiger partial charge in [0, 0.05) is 17.2 Å². The van der Waals surface area contributed by atoms with E-state index in [4.69, 9.17) is 11.6 Å². The molecule has 0 aliphatic rings. The third-order valence-electron chi connectivity index (χ3n) is 2.52. The second-order valence-corrected chi connectivity index (χ2v) is 5.18. The second kappa shape index (κ2) is 5.71. The van der Waals surface area contributed by atoms with Crippen LogP contribution in [0.15, 0.2) is 16.6 Å². The van der Waals surface area contributed by atoms with E-state index in [-0.39, 0.29) is 5.28 Å². The quantitative estimate of drug-likeness (QED) is 0.890. The highest BCUT2D eigenvalue weighted by atomic mass is 79.9. The molecule has 0 aliphatic carbocycles. The summed E-state index contributed by atoms with van der Waals surface area (Å²) >= 11 is 9.37. The highest BCUT2D eigenvalue weighted by molar-refractivity contribution is 9.10. The van der Waals surface area contributed by atoms with Gasteiger partial charge in [0.05, 0.1) is 0 Å². The number of anilines is 3. The summed E-state index contributed by atoms with van der Waals surface area (Å²) in [5, 5.41) is 6.10. The molecule has 0 unspecified atom stereocenters. The molecule has 19 heavy (non-hydrogen) atoms. The molecule has 1 aromatic heterocycles. The molecule has 0 spiro atoms. The van der Waals surface area contributed by atoms with Gasteiger partial charge in [-0.05, 0) is 48.7 Å². The molecule has 1 aromatic carbocycles. The van der Waals surface area contributed by atoms with E-state index >= 15 is 0 Å². The minimum absolute atomic E-state index is 0.146. The Labute approximate surface area is 125 Å². The van der Waals surface area contributed by atoms with Crippen LogP contribution in [0.25, 0.3) is 0 Å². The number of rotatable bonds is 3.